The summed E-state index contributed by atoms with van der Waals surface area (Å²) in [4.78, 5) is 10.7. The number of methoxy groups -OCH3 is 1. The highest BCUT2D eigenvalue weighted by Crippen LogP contribution is 2.28. The molecule has 0 aliphatic heterocycles. The number of rotatable bonds is 6. The third kappa shape index (κ3) is 4.03. The minimum absolute atomic E-state index is 0.0578. The Morgan fingerprint density at radius 3 is 2.62 bits per heavy atom. The lowest BCUT2D eigenvalue weighted by Crippen LogP contribution is -2.05. The highest BCUT2D eigenvalue weighted by atomic mass is 79.9. The zero-order valence-electron chi connectivity index (χ0n) is 11.5. The normalized spacial score (nSPS) is 10.4. The van der Waals surface area contributed by atoms with E-state index >= 15 is 0 Å². The molecule has 2 aromatic carbocycles. The Bertz CT molecular complexity index is 647. The molecule has 2 rings (SSSR count). The summed E-state index contributed by atoms with van der Waals surface area (Å²) in [5.74, 6) is 0. The van der Waals surface area contributed by atoms with Crippen LogP contribution in [0.5, 0.6) is 0 Å². The Hall–Kier alpha value is -1.92. The summed E-state index contributed by atoms with van der Waals surface area (Å²) in [6.45, 7) is 1.01. The largest absolute Gasteiger partial charge is 0.380 e. The summed E-state index contributed by atoms with van der Waals surface area (Å²) in [7, 11) is 1.64. The van der Waals surface area contributed by atoms with Crippen molar-refractivity contribution in [2.24, 2.45) is 0 Å². The average molecular weight is 351 g/mol. The molecule has 0 spiro atoms. The maximum absolute atomic E-state index is 11.0. The first-order chi connectivity index (χ1) is 10.1. The van der Waals surface area contributed by atoms with Crippen LogP contribution in [0, 0.1) is 10.1 Å². The fourth-order valence-electron chi connectivity index (χ4n) is 2.03. The molecule has 0 atom stereocenters. The van der Waals surface area contributed by atoms with Crippen molar-refractivity contribution in [3.8, 4) is 0 Å². The molecule has 0 saturated heterocycles. The molecule has 1 N–H and O–H groups in total. The average Bonchev–Trinajstić information content (AvgIpc) is 2.46. The summed E-state index contributed by atoms with van der Waals surface area (Å²) in [5.41, 5.74) is 2.66. The summed E-state index contributed by atoms with van der Waals surface area (Å²) in [5, 5.41) is 14.2. The van der Waals surface area contributed by atoms with Crippen LogP contribution in [0.2, 0.25) is 0 Å². The number of anilines is 1. The van der Waals surface area contributed by atoms with Gasteiger partial charge in [-0.15, -0.1) is 0 Å². The van der Waals surface area contributed by atoms with Crippen LogP contribution in [0.15, 0.2) is 46.9 Å². The SMILES string of the molecule is COCc1ccccc1CNc1cc(Br)ccc1[N+](=O)[O-]. The summed E-state index contributed by atoms with van der Waals surface area (Å²) in [6.07, 6.45) is 0. The molecule has 0 saturated carbocycles. The molecule has 0 fully saturated rings. The van der Waals surface area contributed by atoms with Crippen LogP contribution in [0.3, 0.4) is 0 Å². The maximum Gasteiger partial charge on any atom is 0.292 e. The molecule has 0 aromatic heterocycles. The van der Waals surface area contributed by atoms with Gasteiger partial charge in [0, 0.05) is 24.2 Å². The van der Waals surface area contributed by atoms with Gasteiger partial charge in [0.2, 0.25) is 0 Å². The quantitative estimate of drug-likeness (QED) is 0.628. The van der Waals surface area contributed by atoms with Gasteiger partial charge >= 0.3 is 0 Å². The van der Waals surface area contributed by atoms with E-state index < -0.39 is 4.92 Å². The molecule has 5 nitrogen and oxygen atoms in total. The van der Waals surface area contributed by atoms with Crippen molar-refractivity contribution >= 4 is 27.3 Å². The van der Waals surface area contributed by atoms with Gasteiger partial charge in [-0.3, -0.25) is 10.1 Å². The fourth-order valence-corrected chi connectivity index (χ4v) is 2.39. The summed E-state index contributed by atoms with van der Waals surface area (Å²) in [6, 6.07) is 12.7. The predicted molar refractivity (Wildman–Crippen MR) is 85.3 cm³/mol. The minimum Gasteiger partial charge on any atom is -0.380 e. The topological polar surface area (TPSA) is 64.4 Å². The van der Waals surface area contributed by atoms with Crippen molar-refractivity contribution < 1.29 is 9.66 Å². The van der Waals surface area contributed by atoms with Gasteiger partial charge in [0.15, 0.2) is 0 Å². The molecular formula is C15H15BrN2O3. The molecule has 0 heterocycles. The number of nitrogens with one attached hydrogen (secondary N) is 1. The minimum atomic E-state index is -0.393. The first kappa shape index (κ1) is 15.5. The molecule has 0 radical (unpaired) electrons. The van der Waals surface area contributed by atoms with Crippen molar-refractivity contribution in [2.45, 2.75) is 13.2 Å². The second-order valence-corrected chi connectivity index (χ2v) is 5.39. The first-order valence-electron chi connectivity index (χ1n) is 6.35. The van der Waals surface area contributed by atoms with Gasteiger partial charge in [-0.05, 0) is 23.3 Å². The lowest BCUT2D eigenvalue weighted by atomic mass is 10.1. The van der Waals surface area contributed by atoms with Gasteiger partial charge < -0.3 is 10.1 Å². The molecule has 0 amide bonds. The Morgan fingerprint density at radius 2 is 1.95 bits per heavy atom. The number of hydrogen-bond acceptors (Lipinski definition) is 4. The smallest absolute Gasteiger partial charge is 0.292 e. The van der Waals surface area contributed by atoms with E-state index in [1.807, 2.05) is 24.3 Å². The van der Waals surface area contributed by atoms with Gasteiger partial charge in [-0.2, -0.15) is 0 Å². The van der Waals surface area contributed by atoms with Crippen LogP contribution in [0.25, 0.3) is 0 Å². The van der Waals surface area contributed by atoms with E-state index in [0.717, 1.165) is 15.6 Å². The van der Waals surface area contributed by atoms with Gasteiger partial charge in [0.25, 0.3) is 5.69 Å². The first-order valence-corrected chi connectivity index (χ1v) is 7.14. The summed E-state index contributed by atoms with van der Waals surface area (Å²) < 4.78 is 5.95. The molecule has 0 aliphatic carbocycles. The Kier molecular flexibility index (Phi) is 5.30. The second kappa shape index (κ2) is 7.19. The monoisotopic (exact) mass is 350 g/mol. The number of benzene rings is 2. The van der Waals surface area contributed by atoms with E-state index in [1.165, 1.54) is 6.07 Å². The third-order valence-electron chi connectivity index (χ3n) is 3.04. The van der Waals surface area contributed by atoms with Crippen molar-refractivity contribution in [3.05, 3.63) is 68.2 Å². The van der Waals surface area contributed by atoms with E-state index in [2.05, 4.69) is 21.2 Å². The predicted octanol–water partition coefficient (Wildman–Crippen LogP) is 4.12. The van der Waals surface area contributed by atoms with Crippen molar-refractivity contribution in [1.82, 2.24) is 0 Å². The Labute approximate surface area is 131 Å². The van der Waals surface area contributed by atoms with E-state index in [-0.39, 0.29) is 5.69 Å². The van der Waals surface area contributed by atoms with Gasteiger partial charge in [-0.25, -0.2) is 0 Å². The molecular weight excluding hydrogens is 336 g/mol. The van der Waals surface area contributed by atoms with Gasteiger partial charge in [0.05, 0.1) is 11.5 Å². The van der Waals surface area contributed by atoms with Crippen LogP contribution in [0.1, 0.15) is 11.1 Å². The van der Waals surface area contributed by atoms with Gasteiger partial charge in [0.1, 0.15) is 5.69 Å². The zero-order chi connectivity index (χ0) is 15.2. The highest BCUT2D eigenvalue weighted by molar-refractivity contribution is 9.10. The molecule has 110 valence electrons. The van der Waals surface area contributed by atoms with Crippen LogP contribution in [0.4, 0.5) is 11.4 Å². The maximum atomic E-state index is 11.0. The number of nitro groups is 1. The van der Waals surface area contributed by atoms with Crippen LogP contribution >= 0.6 is 15.9 Å². The van der Waals surface area contributed by atoms with Crippen molar-refractivity contribution in [2.75, 3.05) is 12.4 Å². The van der Waals surface area contributed by atoms with Crippen molar-refractivity contribution in [3.63, 3.8) is 0 Å². The molecule has 0 unspecified atom stereocenters. The fraction of sp³-hybridized carbons (Fsp3) is 0.200. The number of ether oxygens (including phenoxy) is 1. The molecule has 21 heavy (non-hydrogen) atoms. The Morgan fingerprint density at radius 1 is 1.24 bits per heavy atom. The Balaban J connectivity index is 2.20. The van der Waals surface area contributed by atoms with E-state index in [9.17, 15) is 10.1 Å². The number of hydrogen-bond donors (Lipinski definition) is 1. The zero-order valence-corrected chi connectivity index (χ0v) is 13.1. The second-order valence-electron chi connectivity index (χ2n) is 4.47. The van der Waals surface area contributed by atoms with Crippen LogP contribution in [-0.4, -0.2) is 12.0 Å². The standard InChI is InChI=1S/C15H15BrN2O3/c1-21-10-12-5-3-2-4-11(12)9-17-14-8-13(16)6-7-15(14)18(19)20/h2-8,17H,9-10H2,1H3. The summed E-state index contributed by atoms with van der Waals surface area (Å²) >= 11 is 3.33. The van der Waals surface area contributed by atoms with Crippen LogP contribution in [-0.2, 0) is 17.9 Å². The number of halogens is 1. The van der Waals surface area contributed by atoms with E-state index in [4.69, 9.17) is 4.74 Å². The number of nitrogens with zero attached hydrogens (tertiary/aromatic N) is 1. The molecule has 0 aliphatic rings. The molecule has 2 aromatic rings. The third-order valence-corrected chi connectivity index (χ3v) is 3.54. The lowest BCUT2D eigenvalue weighted by molar-refractivity contribution is -0.384. The van der Waals surface area contributed by atoms with E-state index in [0.29, 0.717) is 18.8 Å². The lowest BCUT2D eigenvalue weighted by Gasteiger charge is -2.11. The highest BCUT2D eigenvalue weighted by Gasteiger charge is 2.13. The van der Waals surface area contributed by atoms with E-state index in [1.54, 1.807) is 19.2 Å². The van der Waals surface area contributed by atoms with Gasteiger partial charge in [-0.1, -0.05) is 40.2 Å². The molecule has 0 bridgehead atoms. The van der Waals surface area contributed by atoms with Crippen molar-refractivity contribution in [1.29, 1.82) is 0 Å². The number of nitro benzene ring substituents is 1. The van der Waals surface area contributed by atoms with Crippen LogP contribution < -0.4 is 5.32 Å². The molecule has 6 heteroatoms.